The molecule has 0 saturated carbocycles. The summed E-state index contributed by atoms with van der Waals surface area (Å²) in [6.07, 6.45) is 1.64. The molecule has 6 nitrogen and oxygen atoms in total. The zero-order valence-electron chi connectivity index (χ0n) is 13.7. The zero-order valence-corrected chi connectivity index (χ0v) is 16.0. The Morgan fingerprint density at radius 3 is 2.63 bits per heavy atom. The van der Waals surface area contributed by atoms with Crippen molar-refractivity contribution in [2.75, 3.05) is 5.32 Å². The van der Waals surface area contributed by atoms with Gasteiger partial charge >= 0.3 is 0 Å². The molecule has 138 valence electrons. The van der Waals surface area contributed by atoms with E-state index in [9.17, 15) is 14.7 Å². The van der Waals surface area contributed by atoms with E-state index in [0.717, 1.165) is 11.3 Å². The van der Waals surface area contributed by atoms with Crippen LogP contribution in [-0.4, -0.2) is 21.9 Å². The molecule has 3 rings (SSSR count). The Balaban J connectivity index is 1.74. The van der Waals surface area contributed by atoms with E-state index >= 15 is 0 Å². The number of anilines is 1. The van der Waals surface area contributed by atoms with E-state index in [4.69, 9.17) is 23.2 Å². The van der Waals surface area contributed by atoms with Crippen LogP contribution in [0.25, 0.3) is 0 Å². The second-order valence-corrected chi connectivity index (χ2v) is 7.51. The number of carbonyl (C=O) groups excluding carboxylic acids is 2. The van der Waals surface area contributed by atoms with Crippen LogP contribution in [0.15, 0.2) is 48.7 Å². The third kappa shape index (κ3) is 4.77. The van der Waals surface area contributed by atoms with Gasteiger partial charge in [0.1, 0.15) is 10.6 Å². The number of nitrogens with zero attached hydrogens (tertiary/aromatic N) is 1. The van der Waals surface area contributed by atoms with Crippen LogP contribution in [0.1, 0.15) is 25.7 Å². The van der Waals surface area contributed by atoms with E-state index in [0.29, 0.717) is 10.0 Å². The van der Waals surface area contributed by atoms with Gasteiger partial charge in [-0.25, -0.2) is 0 Å². The molecule has 9 heteroatoms. The average Bonchev–Trinajstić information content (AvgIpc) is 3.03. The van der Waals surface area contributed by atoms with E-state index in [2.05, 4.69) is 15.6 Å². The van der Waals surface area contributed by atoms with E-state index < -0.39 is 5.91 Å². The first-order valence-electron chi connectivity index (χ1n) is 7.71. The molecule has 0 radical (unpaired) electrons. The van der Waals surface area contributed by atoms with Crippen LogP contribution in [0.2, 0.25) is 9.36 Å². The third-order valence-corrected chi connectivity index (χ3v) is 5.09. The van der Waals surface area contributed by atoms with Crippen molar-refractivity contribution in [2.24, 2.45) is 0 Å². The summed E-state index contributed by atoms with van der Waals surface area (Å²) in [7, 11) is 0. The molecule has 0 spiro atoms. The van der Waals surface area contributed by atoms with Crippen molar-refractivity contribution in [2.45, 2.75) is 6.54 Å². The lowest BCUT2D eigenvalue weighted by Crippen LogP contribution is -2.24. The first kappa shape index (κ1) is 19.2. The minimum absolute atomic E-state index is 0.0549. The highest BCUT2D eigenvalue weighted by atomic mass is 35.5. The molecule has 3 aromatic rings. The Hall–Kier alpha value is -2.61. The molecule has 27 heavy (non-hydrogen) atoms. The van der Waals surface area contributed by atoms with Gasteiger partial charge < -0.3 is 15.7 Å². The maximum atomic E-state index is 12.5. The number of thiophene rings is 1. The normalized spacial score (nSPS) is 10.4. The average molecular weight is 422 g/mol. The van der Waals surface area contributed by atoms with Gasteiger partial charge in [0.25, 0.3) is 11.8 Å². The van der Waals surface area contributed by atoms with Gasteiger partial charge in [-0.1, -0.05) is 29.3 Å². The smallest absolute Gasteiger partial charge is 0.263 e. The maximum absolute atomic E-state index is 12.5. The van der Waals surface area contributed by atoms with Gasteiger partial charge in [0.2, 0.25) is 0 Å². The molecule has 0 aliphatic heterocycles. The Labute approximate surface area is 168 Å². The molecule has 3 N–H and O–H groups in total. The number of hydrogen-bond donors (Lipinski definition) is 3. The number of rotatable bonds is 5. The van der Waals surface area contributed by atoms with Crippen LogP contribution < -0.4 is 10.6 Å². The van der Waals surface area contributed by atoms with Gasteiger partial charge in [0, 0.05) is 11.8 Å². The van der Waals surface area contributed by atoms with Gasteiger partial charge in [-0.3, -0.25) is 14.6 Å². The quantitative estimate of drug-likeness (QED) is 0.571. The number of aromatic nitrogens is 1. The number of aromatic hydroxyl groups is 1. The van der Waals surface area contributed by atoms with E-state index in [1.54, 1.807) is 18.3 Å². The number of nitrogens with one attached hydrogen (secondary N) is 2. The highest BCUT2D eigenvalue weighted by molar-refractivity contribution is 7.18. The minimum Gasteiger partial charge on any atom is -0.506 e. The molecule has 0 fully saturated rings. The van der Waals surface area contributed by atoms with Crippen LogP contribution in [0.3, 0.4) is 0 Å². The van der Waals surface area contributed by atoms with Crippen molar-refractivity contribution in [3.05, 3.63) is 74.2 Å². The molecule has 2 aromatic heterocycles. The molecular formula is C18H13Cl2N3O3S. The molecule has 0 aliphatic rings. The second kappa shape index (κ2) is 8.39. The summed E-state index contributed by atoms with van der Waals surface area (Å²) in [5.41, 5.74) is 1.23. The SMILES string of the molecule is O=C(Nc1cc(Cl)sc1C(=O)NCc1ccccn1)c1ccc(O)c(Cl)c1. The summed E-state index contributed by atoms with van der Waals surface area (Å²) in [6, 6.07) is 11.0. The number of phenols is 1. The van der Waals surface area contributed by atoms with E-state index in [-0.39, 0.29) is 39.4 Å². The van der Waals surface area contributed by atoms with Gasteiger partial charge in [-0.05, 0) is 36.4 Å². The topological polar surface area (TPSA) is 91.3 Å². The van der Waals surface area contributed by atoms with Crippen molar-refractivity contribution in [3.8, 4) is 5.75 Å². The molecule has 1 aromatic carbocycles. The largest absolute Gasteiger partial charge is 0.506 e. The fourth-order valence-corrected chi connectivity index (χ4v) is 3.50. The maximum Gasteiger partial charge on any atom is 0.263 e. The zero-order chi connectivity index (χ0) is 19.4. The molecular weight excluding hydrogens is 409 g/mol. The van der Waals surface area contributed by atoms with Crippen LogP contribution in [0, 0.1) is 0 Å². The highest BCUT2D eigenvalue weighted by Crippen LogP contribution is 2.32. The van der Waals surface area contributed by atoms with Gasteiger partial charge in [0.15, 0.2) is 0 Å². The van der Waals surface area contributed by atoms with Crippen LogP contribution in [-0.2, 0) is 6.54 Å². The number of amides is 2. The first-order valence-corrected chi connectivity index (χ1v) is 9.28. The Morgan fingerprint density at radius 2 is 1.93 bits per heavy atom. The number of carbonyl (C=O) groups is 2. The number of benzene rings is 1. The number of hydrogen-bond acceptors (Lipinski definition) is 5. The monoisotopic (exact) mass is 421 g/mol. The summed E-state index contributed by atoms with van der Waals surface area (Å²) in [6.45, 7) is 0.246. The van der Waals surface area contributed by atoms with Crippen LogP contribution in [0.4, 0.5) is 5.69 Å². The van der Waals surface area contributed by atoms with Gasteiger partial charge in [-0.15, -0.1) is 11.3 Å². The molecule has 0 atom stereocenters. The van der Waals surface area contributed by atoms with Crippen molar-refractivity contribution < 1.29 is 14.7 Å². The predicted molar refractivity (Wildman–Crippen MR) is 106 cm³/mol. The summed E-state index contributed by atoms with van der Waals surface area (Å²) in [4.78, 5) is 29.3. The number of halogens is 2. The Kier molecular flexibility index (Phi) is 5.95. The third-order valence-electron chi connectivity index (χ3n) is 3.52. The fraction of sp³-hybridized carbons (Fsp3) is 0.0556. The summed E-state index contributed by atoms with van der Waals surface area (Å²) < 4.78 is 0.358. The second-order valence-electron chi connectivity index (χ2n) is 5.42. The summed E-state index contributed by atoms with van der Waals surface area (Å²) in [5.74, 6) is -0.983. The van der Waals surface area contributed by atoms with Crippen molar-refractivity contribution >= 4 is 52.0 Å². The van der Waals surface area contributed by atoms with E-state index in [1.165, 1.54) is 24.3 Å². The lowest BCUT2D eigenvalue weighted by atomic mass is 10.2. The summed E-state index contributed by atoms with van der Waals surface area (Å²) in [5, 5.41) is 14.9. The van der Waals surface area contributed by atoms with Crippen LogP contribution in [0.5, 0.6) is 5.75 Å². The Morgan fingerprint density at radius 1 is 1.11 bits per heavy atom. The Bertz CT molecular complexity index is 993. The number of pyridine rings is 1. The minimum atomic E-state index is -0.481. The van der Waals surface area contributed by atoms with Crippen molar-refractivity contribution in [1.29, 1.82) is 0 Å². The molecule has 0 bridgehead atoms. The molecule has 0 unspecified atom stereocenters. The highest BCUT2D eigenvalue weighted by Gasteiger charge is 2.19. The molecule has 0 aliphatic carbocycles. The lowest BCUT2D eigenvalue weighted by Gasteiger charge is -2.08. The molecule has 0 saturated heterocycles. The van der Waals surface area contributed by atoms with Gasteiger partial charge in [-0.2, -0.15) is 0 Å². The summed E-state index contributed by atoms with van der Waals surface area (Å²) >= 11 is 12.9. The number of phenolic OH excluding ortho intramolecular Hbond substituents is 1. The molecule has 2 heterocycles. The lowest BCUT2D eigenvalue weighted by molar-refractivity contribution is 0.0955. The standard InChI is InChI=1S/C18H13Cl2N3O3S/c19-12-7-10(4-5-14(12)24)17(25)23-13-8-15(20)27-16(13)18(26)22-9-11-3-1-2-6-21-11/h1-8,24H,9H2,(H,22,26)(H,23,25). The van der Waals surface area contributed by atoms with Crippen molar-refractivity contribution in [1.82, 2.24) is 10.3 Å². The predicted octanol–water partition coefficient (Wildman–Crippen LogP) is 4.34. The first-order chi connectivity index (χ1) is 12.9. The van der Waals surface area contributed by atoms with Crippen molar-refractivity contribution in [3.63, 3.8) is 0 Å². The fourth-order valence-electron chi connectivity index (χ4n) is 2.22. The van der Waals surface area contributed by atoms with Gasteiger partial charge in [0.05, 0.1) is 27.3 Å². The van der Waals surface area contributed by atoms with E-state index in [1.807, 2.05) is 6.07 Å². The molecule has 2 amide bonds. The van der Waals surface area contributed by atoms with Crippen LogP contribution >= 0.6 is 34.5 Å².